The molecule has 1 saturated heterocycles. The van der Waals surface area contributed by atoms with Crippen LogP contribution in [0.15, 0.2) is 0 Å². The number of carbonyl (C=O) groups is 1. The topological polar surface area (TPSA) is 23.6 Å². The van der Waals surface area contributed by atoms with Gasteiger partial charge in [0.05, 0.1) is 0 Å². The fraction of sp³-hybridized carbons (Fsp3) is 0.727. The molecular weight excluding hydrogens is 256 g/mol. The van der Waals surface area contributed by atoms with Gasteiger partial charge in [-0.15, -0.1) is 0 Å². The van der Waals surface area contributed by atoms with Crippen molar-refractivity contribution < 1.29 is 4.79 Å². The summed E-state index contributed by atoms with van der Waals surface area (Å²) in [6.45, 7) is 3.10. The van der Waals surface area contributed by atoms with Crippen molar-refractivity contribution in [2.45, 2.75) is 12.8 Å². The third-order valence-corrected chi connectivity index (χ3v) is 3.07. The molecule has 0 atom stereocenters. The highest BCUT2D eigenvalue weighted by molar-refractivity contribution is 9.12. The highest BCUT2D eigenvalue weighted by atomic mass is 79.9. The Kier molecular flexibility index (Phi) is 5.13. The van der Waals surface area contributed by atoms with Crippen molar-refractivity contribution in [3.8, 4) is 10.8 Å². The van der Waals surface area contributed by atoms with E-state index in [1.807, 2.05) is 7.05 Å². The number of hydrogen-bond acceptors (Lipinski definition) is 2. The molecule has 1 rings (SSSR count). The van der Waals surface area contributed by atoms with Crippen LogP contribution >= 0.6 is 15.9 Å². The number of carbonyl (C=O) groups excluding carboxylic acids is 1. The minimum Gasteiger partial charge on any atom is -0.335 e. The Morgan fingerprint density at radius 1 is 1.53 bits per heavy atom. The maximum Gasteiger partial charge on any atom is 0.299 e. The first kappa shape index (κ1) is 12.5. The monoisotopic (exact) mass is 272 g/mol. The van der Waals surface area contributed by atoms with Gasteiger partial charge in [-0.25, -0.2) is 0 Å². The molecule has 0 bridgehead atoms. The van der Waals surface area contributed by atoms with E-state index in [0.29, 0.717) is 5.92 Å². The fourth-order valence-corrected chi connectivity index (χ4v) is 2.02. The van der Waals surface area contributed by atoms with Gasteiger partial charge < -0.3 is 9.80 Å². The molecule has 0 saturated carbocycles. The van der Waals surface area contributed by atoms with E-state index >= 15 is 0 Å². The predicted octanol–water partition coefficient (Wildman–Crippen LogP) is 1.14. The zero-order valence-electron chi connectivity index (χ0n) is 9.29. The maximum absolute atomic E-state index is 11.4. The highest BCUT2D eigenvalue weighted by Crippen LogP contribution is 2.16. The van der Waals surface area contributed by atoms with Crippen molar-refractivity contribution in [3.05, 3.63) is 0 Å². The second kappa shape index (κ2) is 6.14. The van der Waals surface area contributed by atoms with Gasteiger partial charge in [-0.1, -0.05) is 0 Å². The summed E-state index contributed by atoms with van der Waals surface area (Å²) in [6, 6.07) is 0. The molecule has 1 fully saturated rings. The van der Waals surface area contributed by atoms with Crippen molar-refractivity contribution >= 4 is 21.8 Å². The Morgan fingerprint density at radius 2 is 2.13 bits per heavy atom. The molecule has 84 valence electrons. The molecule has 15 heavy (non-hydrogen) atoms. The molecule has 1 aliphatic rings. The quantitative estimate of drug-likeness (QED) is 0.704. The molecule has 0 radical (unpaired) electrons. The first-order chi connectivity index (χ1) is 7.13. The van der Waals surface area contributed by atoms with Gasteiger partial charge in [-0.3, -0.25) is 4.79 Å². The van der Waals surface area contributed by atoms with Gasteiger partial charge >= 0.3 is 0 Å². The van der Waals surface area contributed by atoms with Crippen LogP contribution in [0.2, 0.25) is 0 Å². The van der Waals surface area contributed by atoms with Crippen LogP contribution in [0.5, 0.6) is 0 Å². The molecule has 1 aliphatic heterocycles. The van der Waals surface area contributed by atoms with E-state index in [1.165, 1.54) is 12.8 Å². The summed E-state index contributed by atoms with van der Waals surface area (Å²) in [7, 11) is 3.96. The van der Waals surface area contributed by atoms with Gasteiger partial charge in [-0.2, -0.15) is 0 Å². The van der Waals surface area contributed by atoms with Crippen LogP contribution < -0.4 is 0 Å². The summed E-state index contributed by atoms with van der Waals surface area (Å²) in [5.74, 6) is 3.01. The Morgan fingerprint density at radius 3 is 2.67 bits per heavy atom. The van der Waals surface area contributed by atoms with E-state index in [-0.39, 0.29) is 5.91 Å². The SMILES string of the molecule is CN1CCC(CN(C)C(=O)C#CBr)CC1. The highest BCUT2D eigenvalue weighted by Gasteiger charge is 2.19. The maximum atomic E-state index is 11.4. The predicted molar refractivity (Wildman–Crippen MR) is 64.6 cm³/mol. The van der Waals surface area contributed by atoms with E-state index in [0.717, 1.165) is 19.6 Å². The van der Waals surface area contributed by atoms with Crippen LogP contribution in [0.4, 0.5) is 0 Å². The Balaban J connectivity index is 2.34. The normalized spacial score (nSPS) is 18.1. The number of nitrogens with zero attached hydrogens (tertiary/aromatic N) is 2. The van der Waals surface area contributed by atoms with Gasteiger partial charge in [0, 0.05) is 35.4 Å². The third-order valence-electron chi connectivity index (χ3n) is 2.87. The lowest BCUT2D eigenvalue weighted by Crippen LogP contribution is -2.37. The molecule has 0 N–H and O–H groups in total. The molecule has 0 aliphatic carbocycles. The van der Waals surface area contributed by atoms with Crippen LogP contribution in [0.1, 0.15) is 12.8 Å². The second-order valence-electron chi connectivity index (χ2n) is 4.15. The smallest absolute Gasteiger partial charge is 0.299 e. The van der Waals surface area contributed by atoms with E-state index in [2.05, 4.69) is 38.6 Å². The largest absolute Gasteiger partial charge is 0.335 e. The molecular formula is C11H17BrN2O. The Labute approximate surface area is 99.9 Å². The molecule has 0 spiro atoms. The molecule has 0 aromatic rings. The first-order valence-electron chi connectivity index (χ1n) is 5.18. The van der Waals surface area contributed by atoms with Crippen molar-refractivity contribution in [3.63, 3.8) is 0 Å². The van der Waals surface area contributed by atoms with Crippen LogP contribution in [0.25, 0.3) is 0 Å². The molecule has 0 aromatic carbocycles. The molecule has 4 heteroatoms. The van der Waals surface area contributed by atoms with Crippen LogP contribution in [-0.2, 0) is 4.79 Å². The Hall–Kier alpha value is -0.530. The van der Waals surface area contributed by atoms with Crippen molar-refractivity contribution in [1.29, 1.82) is 0 Å². The summed E-state index contributed by atoms with van der Waals surface area (Å²) in [4.78, 5) is 17.9. The lowest BCUT2D eigenvalue weighted by atomic mass is 9.97. The molecule has 0 aromatic heterocycles. The summed E-state index contributed by atoms with van der Waals surface area (Å²) in [5, 5.41) is 0. The lowest BCUT2D eigenvalue weighted by molar-refractivity contribution is -0.124. The minimum atomic E-state index is -0.106. The van der Waals surface area contributed by atoms with Gasteiger partial charge in [0.2, 0.25) is 0 Å². The summed E-state index contributed by atoms with van der Waals surface area (Å²) < 4.78 is 0. The van der Waals surface area contributed by atoms with E-state index in [1.54, 1.807) is 4.90 Å². The van der Waals surface area contributed by atoms with Gasteiger partial charge in [0.1, 0.15) is 0 Å². The molecule has 1 amide bonds. The number of halogens is 1. The van der Waals surface area contributed by atoms with Gasteiger partial charge in [0.15, 0.2) is 0 Å². The average Bonchev–Trinajstić information content (AvgIpc) is 2.22. The second-order valence-corrected chi connectivity index (χ2v) is 4.55. The van der Waals surface area contributed by atoms with E-state index < -0.39 is 0 Å². The van der Waals surface area contributed by atoms with Crippen molar-refractivity contribution in [1.82, 2.24) is 9.80 Å². The van der Waals surface area contributed by atoms with Crippen LogP contribution in [0, 0.1) is 16.7 Å². The third kappa shape index (κ3) is 4.23. The summed E-state index contributed by atoms with van der Waals surface area (Å²) in [5.41, 5.74) is 0. The zero-order valence-corrected chi connectivity index (χ0v) is 10.9. The summed E-state index contributed by atoms with van der Waals surface area (Å²) in [6.07, 6.45) is 2.35. The zero-order chi connectivity index (χ0) is 11.3. The van der Waals surface area contributed by atoms with Gasteiger partial charge in [-0.05, 0) is 43.7 Å². The number of piperidine rings is 1. The number of likely N-dealkylation sites (tertiary alicyclic amines) is 1. The van der Waals surface area contributed by atoms with Crippen LogP contribution in [0.3, 0.4) is 0 Å². The minimum absolute atomic E-state index is 0.106. The van der Waals surface area contributed by atoms with Crippen LogP contribution in [-0.4, -0.2) is 49.4 Å². The van der Waals surface area contributed by atoms with E-state index in [9.17, 15) is 4.79 Å². The average molecular weight is 273 g/mol. The molecule has 0 unspecified atom stereocenters. The number of amides is 1. The van der Waals surface area contributed by atoms with E-state index in [4.69, 9.17) is 0 Å². The summed E-state index contributed by atoms with van der Waals surface area (Å²) >= 11 is 2.94. The van der Waals surface area contributed by atoms with Crippen molar-refractivity contribution in [2.75, 3.05) is 33.7 Å². The van der Waals surface area contributed by atoms with Crippen molar-refractivity contribution in [2.24, 2.45) is 5.92 Å². The fourth-order valence-electron chi connectivity index (χ4n) is 1.85. The molecule has 3 nitrogen and oxygen atoms in total. The first-order valence-corrected chi connectivity index (χ1v) is 5.98. The number of rotatable bonds is 2. The number of hydrogen-bond donors (Lipinski definition) is 0. The Bertz CT molecular complexity index is 274. The molecule has 1 heterocycles. The lowest BCUT2D eigenvalue weighted by Gasteiger charge is -2.31. The standard InChI is InChI=1S/C11H17BrN2O/c1-13-7-4-10(5-8-13)9-14(2)11(15)3-6-12/h10H,4-5,7-9H2,1-2H3. The van der Waals surface area contributed by atoms with Gasteiger partial charge in [0.25, 0.3) is 5.91 Å².